The zero-order chi connectivity index (χ0) is 13.5. The Balaban J connectivity index is 2.32. The van der Waals surface area contributed by atoms with Gasteiger partial charge >= 0.3 is 0 Å². The first-order valence-electron chi connectivity index (χ1n) is 7.06. The van der Waals surface area contributed by atoms with Crippen LogP contribution >= 0.6 is 11.8 Å². The molecule has 1 aliphatic rings. The van der Waals surface area contributed by atoms with Crippen molar-refractivity contribution < 1.29 is 9.59 Å². The summed E-state index contributed by atoms with van der Waals surface area (Å²) in [6.45, 7) is 6.93. The lowest BCUT2D eigenvalue weighted by Gasteiger charge is -2.15. The van der Waals surface area contributed by atoms with Crippen molar-refractivity contribution in [3.8, 4) is 0 Å². The Morgan fingerprint density at radius 2 is 1.89 bits per heavy atom. The van der Waals surface area contributed by atoms with Crippen LogP contribution in [0.25, 0.3) is 0 Å². The summed E-state index contributed by atoms with van der Waals surface area (Å²) in [7, 11) is 0. The van der Waals surface area contributed by atoms with Gasteiger partial charge in [-0.2, -0.15) is 0 Å². The SMILES string of the molecule is CCCCCCCN1C(=O)CC(SC(C)C)C1=O. The fourth-order valence-electron chi connectivity index (χ4n) is 2.20. The third-order valence-corrected chi connectivity index (χ3v) is 4.37. The van der Waals surface area contributed by atoms with Crippen molar-refractivity contribution in [2.45, 2.75) is 69.8 Å². The van der Waals surface area contributed by atoms with Crippen molar-refractivity contribution in [3.05, 3.63) is 0 Å². The van der Waals surface area contributed by atoms with Crippen molar-refractivity contribution in [1.82, 2.24) is 4.90 Å². The highest BCUT2D eigenvalue weighted by molar-refractivity contribution is 8.01. The Hall–Kier alpha value is -0.510. The van der Waals surface area contributed by atoms with Crippen LogP contribution in [0.15, 0.2) is 0 Å². The molecule has 0 bridgehead atoms. The van der Waals surface area contributed by atoms with Crippen molar-refractivity contribution in [2.75, 3.05) is 6.54 Å². The molecule has 1 atom stereocenters. The molecule has 0 spiro atoms. The van der Waals surface area contributed by atoms with E-state index in [1.54, 1.807) is 11.8 Å². The number of unbranched alkanes of at least 4 members (excludes halogenated alkanes) is 4. The summed E-state index contributed by atoms with van der Waals surface area (Å²) >= 11 is 1.61. The molecular weight excluding hydrogens is 246 g/mol. The van der Waals surface area contributed by atoms with E-state index in [1.807, 2.05) is 0 Å². The second-order valence-electron chi connectivity index (χ2n) is 5.18. The van der Waals surface area contributed by atoms with Crippen LogP contribution in [-0.2, 0) is 9.59 Å². The van der Waals surface area contributed by atoms with Crippen molar-refractivity contribution in [2.24, 2.45) is 0 Å². The van der Waals surface area contributed by atoms with Crippen LogP contribution in [0.2, 0.25) is 0 Å². The summed E-state index contributed by atoms with van der Waals surface area (Å²) < 4.78 is 0. The summed E-state index contributed by atoms with van der Waals surface area (Å²) in [4.78, 5) is 25.3. The Kier molecular flexibility index (Phi) is 6.76. The van der Waals surface area contributed by atoms with Crippen LogP contribution in [0.1, 0.15) is 59.3 Å². The fraction of sp³-hybridized carbons (Fsp3) is 0.857. The molecule has 1 unspecified atom stereocenters. The Morgan fingerprint density at radius 1 is 1.22 bits per heavy atom. The van der Waals surface area contributed by atoms with Crippen molar-refractivity contribution >= 4 is 23.6 Å². The Morgan fingerprint density at radius 3 is 2.50 bits per heavy atom. The van der Waals surface area contributed by atoms with E-state index in [-0.39, 0.29) is 17.1 Å². The van der Waals surface area contributed by atoms with Gasteiger partial charge in [-0.15, -0.1) is 11.8 Å². The minimum absolute atomic E-state index is 0.0219. The van der Waals surface area contributed by atoms with Gasteiger partial charge in [-0.05, 0) is 11.7 Å². The van der Waals surface area contributed by atoms with Gasteiger partial charge in [-0.25, -0.2) is 0 Å². The van der Waals surface area contributed by atoms with Crippen molar-refractivity contribution in [3.63, 3.8) is 0 Å². The first-order valence-corrected chi connectivity index (χ1v) is 8.00. The van der Waals surface area contributed by atoms with Gasteiger partial charge in [0.15, 0.2) is 0 Å². The van der Waals surface area contributed by atoms with Crippen LogP contribution in [0.3, 0.4) is 0 Å². The molecule has 1 heterocycles. The monoisotopic (exact) mass is 271 g/mol. The lowest BCUT2D eigenvalue weighted by molar-refractivity contribution is -0.138. The predicted octanol–water partition coefficient (Wildman–Crippen LogP) is 3.23. The Bertz CT molecular complexity index is 292. The van der Waals surface area contributed by atoms with Crippen LogP contribution in [0.4, 0.5) is 0 Å². The summed E-state index contributed by atoms with van der Waals surface area (Å²) in [6.07, 6.45) is 6.14. The third-order valence-electron chi connectivity index (χ3n) is 3.12. The fourth-order valence-corrected chi connectivity index (χ4v) is 3.34. The number of likely N-dealkylation sites (tertiary alicyclic amines) is 1. The van der Waals surface area contributed by atoms with Crippen LogP contribution < -0.4 is 0 Å². The molecule has 0 aromatic rings. The van der Waals surface area contributed by atoms with Crippen LogP contribution in [0.5, 0.6) is 0 Å². The van der Waals surface area contributed by atoms with Gasteiger partial charge in [0.2, 0.25) is 11.8 Å². The maximum Gasteiger partial charge on any atom is 0.242 e. The number of imide groups is 1. The first-order chi connectivity index (χ1) is 8.56. The maximum absolute atomic E-state index is 12.1. The number of carbonyl (C=O) groups excluding carboxylic acids is 2. The molecular formula is C14H25NO2S. The molecule has 0 saturated carbocycles. The van der Waals surface area contributed by atoms with E-state index in [0.29, 0.717) is 18.2 Å². The highest BCUT2D eigenvalue weighted by Crippen LogP contribution is 2.28. The number of rotatable bonds is 8. The summed E-state index contributed by atoms with van der Waals surface area (Å²) in [5.74, 6) is 0.0582. The zero-order valence-corrected chi connectivity index (χ0v) is 12.6. The van der Waals surface area contributed by atoms with E-state index in [1.165, 1.54) is 24.2 Å². The number of hydrogen-bond donors (Lipinski definition) is 0. The minimum Gasteiger partial charge on any atom is -0.282 e. The zero-order valence-electron chi connectivity index (χ0n) is 11.8. The highest BCUT2D eigenvalue weighted by atomic mass is 32.2. The quantitative estimate of drug-likeness (QED) is 0.502. The molecule has 18 heavy (non-hydrogen) atoms. The average Bonchev–Trinajstić information content (AvgIpc) is 2.55. The lowest BCUT2D eigenvalue weighted by atomic mass is 10.1. The van der Waals surface area contributed by atoms with Gasteiger partial charge in [-0.1, -0.05) is 46.5 Å². The van der Waals surface area contributed by atoms with Crippen molar-refractivity contribution in [1.29, 1.82) is 0 Å². The second-order valence-corrected chi connectivity index (χ2v) is 6.96. The van der Waals surface area contributed by atoms with E-state index >= 15 is 0 Å². The molecule has 2 amide bonds. The summed E-state index contributed by atoms with van der Waals surface area (Å²) in [6, 6.07) is 0. The molecule has 1 saturated heterocycles. The molecule has 0 aromatic heterocycles. The van der Waals surface area contributed by atoms with E-state index in [2.05, 4.69) is 20.8 Å². The molecule has 1 aliphatic heterocycles. The molecule has 4 heteroatoms. The number of hydrogen-bond acceptors (Lipinski definition) is 3. The standard InChI is InChI=1S/C14H25NO2S/c1-4-5-6-7-8-9-15-13(16)10-12(14(15)17)18-11(2)3/h11-12H,4-10H2,1-3H3. The molecule has 0 aromatic carbocycles. The van der Waals surface area contributed by atoms with E-state index in [4.69, 9.17) is 0 Å². The van der Waals surface area contributed by atoms with Gasteiger partial charge in [-0.3, -0.25) is 14.5 Å². The van der Waals surface area contributed by atoms with E-state index in [0.717, 1.165) is 12.8 Å². The molecule has 104 valence electrons. The number of carbonyl (C=O) groups is 2. The van der Waals surface area contributed by atoms with Crippen LogP contribution in [0, 0.1) is 0 Å². The summed E-state index contributed by atoms with van der Waals surface area (Å²) in [5, 5.41) is 0.268. The third kappa shape index (κ3) is 4.63. The molecule has 1 fully saturated rings. The maximum atomic E-state index is 12.1. The average molecular weight is 271 g/mol. The molecule has 1 rings (SSSR count). The molecule has 0 N–H and O–H groups in total. The predicted molar refractivity (Wildman–Crippen MR) is 76.6 cm³/mol. The second kappa shape index (κ2) is 7.82. The topological polar surface area (TPSA) is 37.4 Å². The minimum atomic E-state index is -0.131. The number of thioether (sulfide) groups is 1. The normalized spacial score (nSPS) is 20.2. The largest absolute Gasteiger partial charge is 0.282 e. The van der Waals surface area contributed by atoms with Crippen LogP contribution in [-0.4, -0.2) is 33.8 Å². The van der Waals surface area contributed by atoms with E-state index in [9.17, 15) is 9.59 Å². The molecule has 3 nitrogen and oxygen atoms in total. The first kappa shape index (κ1) is 15.5. The molecule has 0 radical (unpaired) electrons. The van der Waals surface area contributed by atoms with Gasteiger partial charge in [0.1, 0.15) is 0 Å². The van der Waals surface area contributed by atoms with Gasteiger partial charge < -0.3 is 0 Å². The molecule has 0 aliphatic carbocycles. The number of nitrogens with zero attached hydrogens (tertiary/aromatic N) is 1. The smallest absolute Gasteiger partial charge is 0.242 e. The Labute approximate surface area is 115 Å². The van der Waals surface area contributed by atoms with Gasteiger partial charge in [0, 0.05) is 13.0 Å². The summed E-state index contributed by atoms with van der Waals surface area (Å²) in [5.41, 5.74) is 0. The number of amides is 2. The van der Waals surface area contributed by atoms with Gasteiger partial charge in [0.05, 0.1) is 5.25 Å². The lowest BCUT2D eigenvalue weighted by Crippen LogP contribution is -2.32. The highest BCUT2D eigenvalue weighted by Gasteiger charge is 2.38. The van der Waals surface area contributed by atoms with Gasteiger partial charge in [0.25, 0.3) is 0 Å². The van der Waals surface area contributed by atoms with E-state index < -0.39 is 0 Å².